The van der Waals surface area contributed by atoms with Crippen molar-refractivity contribution in [3.63, 3.8) is 0 Å². The molecule has 0 fully saturated rings. The summed E-state index contributed by atoms with van der Waals surface area (Å²) in [6.07, 6.45) is 3.45. The fraction of sp³-hybridized carbons (Fsp3) is 0.200. The molecule has 46 valence electrons. The summed E-state index contributed by atoms with van der Waals surface area (Å²) < 4.78 is 0. The summed E-state index contributed by atoms with van der Waals surface area (Å²) in [5, 5.41) is 0. The summed E-state index contributed by atoms with van der Waals surface area (Å²) in [5.41, 5.74) is 0.151. The minimum Gasteiger partial charge on any atom is -0.149 e. The number of hydrogen-bond donors (Lipinski definition) is 0. The summed E-state index contributed by atoms with van der Waals surface area (Å²) in [7, 11) is -1.58. The van der Waals surface area contributed by atoms with Crippen LogP contribution in [0.15, 0.2) is 25.3 Å². The third kappa shape index (κ3) is 2.55. The van der Waals surface area contributed by atoms with Crippen LogP contribution in [0.2, 0.25) is 5.54 Å². The van der Waals surface area contributed by atoms with E-state index in [1.165, 1.54) is 0 Å². The van der Waals surface area contributed by atoms with Gasteiger partial charge in [0.1, 0.15) is 0 Å². The fourth-order valence-corrected chi connectivity index (χ4v) is 1.95. The maximum absolute atomic E-state index is 5.61. The van der Waals surface area contributed by atoms with E-state index in [-0.39, 0.29) is 5.54 Å². The van der Waals surface area contributed by atoms with E-state index in [0.717, 1.165) is 0 Å². The van der Waals surface area contributed by atoms with Gasteiger partial charge in [0.25, 0.3) is 0 Å². The molecule has 0 bridgehead atoms. The van der Waals surface area contributed by atoms with Crippen molar-refractivity contribution in [2.24, 2.45) is 0 Å². The standard InChI is InChI=1S/C5H8Cl2Si/c1-3-5(4-2)8(6)7/h3-5,8H,1-2H2. The lowest BCUT2D eigenvalue weighted by atomic mass is 10.4. The third-order valence-electron chi connectivity index (χ3n) is 0.835. The largest absolute Gasteiger partial charge is 0.247 e. The average molecular weight is 167 g/mol. The molecule has 0 heterocycles. The highest BCUT2D eigenvalue weighted by molar-refractivity contribution is 7.34. The van der Waals surface area contributed by atoms with Gasteiger partial charge in [-0.2, -0.15) is 0 Å². The molecule has 8 heavy (non-hydrogen) atoms. The molecule has 0 aromatic carbocycles. The molecule has 3 heteroatoms. The molecule has 0 aliphatic rings. The fourth-order valence-electron chi connectivity index (χ4n) is 0.302. The van der Waals surface area contributed by atoms with Gasteiger partial charge in [0.15, 0.2) is 0 Å². The Bertz CT molecular complexity index is 82.4. The molecular weight excluding hydrogens is 159 g/mol. The van der Waals surface area contributed by atoms with E-state index in [1.54, 1.807) is 12.2 Å². The Labute approximate surface area is 60.8 Å². The molecule has 0 saturated carbocycles. The Kier molecular flexibility index (Phi) is 4.33. The molecule has 0 aliphatic carbocycles. The monoisotopic (exact) mass is 166 g/mol. The molecule has 0 unspecified atom stereocenters. The van der Waals surface area contributed by atoms with Crippen molar-refractivity contribution in [1.29, 1.82) is 0 Å². The maximum Gasteiger partial charge on any atom is 0.247 e. The first-order valence-corrected chi connectivity index (χ1v) is 6.41. The first-order chi connectivity index (χ1) is 3.72. The summed E-state index contributed by atoms with van der Waals surface area (Å²) in [6.45, 7) is 7.10. The van der Waals surface area contributed by atoms with E-state index < -0.39 is 7.42 Å². The summed E-state index contributed by atoms with van der Waals surface area (Å²) in [5.74, 6) is 0. The van der Waals surface area contributed by atoms with Crippen molar-refractivity contribution in [3.8, 4) is 0 Å². The molecule has 0 spiro atoms. The summed E-state index contributed by atoms with van der Waals surface area (Å²) in [4.78, 5) is 0. The molecule has 0 saturated heterocycles. The molecule has 0 atom stereocenters. The lowest BCUT2D eigenvalue weighted by Gasteiger charge is -2.02. The SMILES string of the molecule is C=CC(C=C)[SiH](Cl)Cl. The van der Waals surface area contributed by atoms with Crippen LogP contribution >= 0.6 is 22.2 Å². The molecule has 0 aliphatic heterocycles. The second kappa shape index (κ2) is 4.19. The highest BCUT2D eigenvalue weighted by Crippen LogP contribution is 2.18. The van der Waals surface area contributed by atoms with Crippen LogP contribution in [0.1, 0.15) is 0 Å². The molecular formula is C5H8Cl2Si. The van der Waals surface area contributed by atoms with Crippen LogP contribution < -0.4 is 0 Å². The molecule has 0 radical (unpaired) electrons. The average Bonchev–Trinajstić information content (AvgIpc) is 1.69. The second-order valence-corrected chi connectivity index (χ2v) is 6.31. The van der Waals surface area contributed by atoms with Crippen LogP contribution in [0.4, 0.5) is 0 Å². The van der Waals surface area contributed by atoms with E-state index in [2.05, 4.69) is 13.2 Å². The van der Waals surface area contributed by atoms with Gasteiger partial charge in [-0.15, -0.1) is 35.3 Å². The normalized spacial score (nSPS) is 10.0. The highest BCUT2D eigenvalue weighted by atomic mass is 35.7. The van der Waals surface area contributed by atoms with E-state index in [9.17, 15) is 0 Å². The number of halogens is 2. The molecule has 0 rings (SSSR count). The maximum atomic E-state index is 5.61. The van der Waals surface area contributed by atoms with Crippen LogP contribution in [0, 0.1) is 0 Å². The van der Waals surface area contributed by atoms with Crippen LogP contribution in [0.3, 0.4) is 0 Å². The van der Waals surface area contributed by atoms with Crippen LogP contribution in [0.25, 0.3) is 0 Å². The Morgan fingerprint density at radius 1 is 1.25 bits per heavy atom. The van der Waals surface area contributed by atoms with Crippen molar-refractivity contribution >= 4 is 29.6 Å². The van der Waals surface area contributed by atoms with E-state index in [0.29, 0.717) is 0 Å². The van der Waals surface area contributed by atoms with Gasteiger partial charge in [-0.1, -0.05) is 12.2 Å². The Hall–Kier alpha value is 0.277. The molecule has 0 aromatic rings. The van der Waals surface area contributed by atoms with Crippen LogP contribution in [-0.4, -0.2) is 7.42 Å². The molecule has 0 aromatic heterocycles. The zero-order chi connectivity index (χ0) is 6.57. The van der Waals surface area contributed by atoms with Crippen molar-refractivity contribution in [1.82, 2.24) is 0 Å². The molecule has 0 N–H and O–H groups in total. The quantitative estimate of drug-likeness (QED) is 0.344. The summed E-state index contributed by atoms with van der Waals surface area (Å²) in [6, 6.07) is 0. The van der Waals surface area contributed by atoms with Crippen LogP contribution in [0.5, 0.6) is 0 Å². The Morgan fingerprint density at radius 2 is 1.62 bits per heavy atom. The summed E-state index contributed by atoms with van der Waals surface area (Å²) >= 11 is 11.2. The van der Waals surface area contributed by atoms with Crippen molar-refractivity contribution in [3.05, 3.63) is 25.3 Å². The lowest BCUT2D eigenvalue weighted by molar-refractivity contribution is 1.38. The molecule has 0 amide bonds. The third-order valence-corrected chi connectivity index (χ3v) is 3.71. The Morgan fingerprint density at radius 3 is 1.62 bits per heavy atom. The van der Waals surface area contributed by atoms with Gasteiger partial charge in [0.2, 0.25) is 7.42 Å². The van der Waals surface area contributed by atoms with E-state index in [4.69, 9.17) is 22.2 Å². The zero-order valence-corrected chi connectivity index (χ0v) is 7.15. The van der Waals surface area contributed by atoms with Gasteiger partial charge in [0, 0.05) is 5.54 Å². The number of rotatable bonds is 3. The number of hydrogen-bond acceptors (Lipinski definition) is 0. The topological polar surface area (TPSA) is 0 Å². The van der Waals surface area contributed by atoms with Crippen molar-refractivity contribution in [2.75, 3.05) is 0 Å². The predicted octanol–water partition coefficient (Wildman–Crippen LogP) is 2.43. The van der Waals surface area contributed by atoms with Gasteiger partial charge >= 0.3 is 0 Å². The van der Waals surface area contributed by atoms with Crippen molar-refractivity contribution < 1.29 is 0 Å². The van der Waals surface area contributed by atoms with Gasteiger partial charge in [-0.05, 0) is 0 Å². The second-order valence-electron chi connectivity index (χ2n) is 1.38. The number of allylic oxidation sites excluding steroid dienone is 2. The van der Waals surface area contributed by atoms with Gasteiger partial charge in [-0.25, -0.2) is 0 Å². The van der Waals surface area contributed by atoms with Crippen LogP contribution in [-0.2, 0) is 0 Å². The predicted molar refractivity (Wildman–Crippen MR) is 43.0 cm³/mol. The zero-order valence-electron chi connectivity index (χ0n) is 4.48. The highest BCUT2D eigenvalue weighted by Gasteiger charge is 2.09. The van der Waals surface area contributed by atoms with E-state index >= 15 is 0 Å². The van der Waals surface area contributed by atoms with E-state index in [1.807, 2.05) is 0 Å². The first kappa shape index (κ1) is 8.28. The van der Waals surface area contributed by atoms with Gasteiger partial charge in [0.05, 0.1) is 0 Å². The minimum atomic E-state index is -1.58. The van der Waals surface area contributed by atoms with Crippen molar-refractivity contribution in [2.45, 2.75) is 5.54 Å². The van der Waals surface area contributed by atoms with Gasteiger partial charge in [-0.3, -0.25) is 0 Å². The lowest BCUT2D eigenvalue weighted by Crippen LogP contribution is -1.99. The van der Waals surface area contributed by atoms with Gasteiger partial charge < -0.3 is 0 Å². The minimum absolute atomic E-state index is 0.151. The molecule has 0 nitrogen and oxygen atoms in total. The smallest absolute Gasteiger partial charge is 0.149 e. The first-order valence-electron chi connectivity index (χ1n) is 2.25. The Balaban J connectivity index is 3.68.